The van der Waals surface area contributed by atoms with Crippen molar-refractivity contribution in [2.24, 2.45) is 5.92 Å². The van der Waals surface area contributed by atoms with Gasteiger partial charge in [-0.1, -0.05) is 12.1 Å². The smallest absolute Gasteiger partial charge is 0.162 e. The Bertz CT molecular complexity index is 880. The van der Waals surface area contributed by atoms with E-state index in [1.54, 1.807) is 11.3 Å². The minimum atomic E-state index is 0.626. The van der Waals surface area contributed by atoms with Crippen molar-refractivity contribution >= 4 is 28.1 Å². The van der Waals surface area contributed by atoms with E-state index in [-0.39, 0.29) is 0 Å². The quantitative estimate of drug-likeness (QED) is 0.745. The van der Waals surface area contributed by atoms with Gasteiger partial charge in [0.15, 0.2) is 5.82 Å². The van der Waals surface area contributed by atoms with Crippen LogP contribution < -0.4 is 15.8 Å². The van der Waals surface area contributed by atoms with Crippen molar-refractivity contribution in [3.05, 3.63) is 41.1 Å². The lowest BCUT2D eigenvalue weighted by atomic mass is 9.88. The zero-order valence-corrected chi connectivity index (χ0v) is 15.5. The van der Waals surface area contributed by atoms with Gasteiger partial charge >= 0.3 is 0 Å². The van der Waals surface area contributed by atoms with Crippen molar-refractivity contribution in [2.75, 3.05) is 24.5 Å². The summed E-state index contributed by atoms with van der Waals surface area (Å²) in [5.74, 6) is 2.68. The van der Waals surface area contributed by atoms with Crippen molar-refractivity contribution in [2.45, 2.75) is 25.3 Å². The van der Waals surface area contributed by atoms with Gasteiger partial charge in [0.05, 0.1) is 5.52 Å². The predicted molar refractivity (Wildman–Crippen MR) is 107 cm³/mol. The summed E-state index contributed by atoms with van der Waals surface area (Å²) >= 11 is 1.69. The van der Waals surface area contributed by atoms with E-state index in [1.165, 1.54) is 19.3 Å². The summed E-state index contributed by atoms with van der Waals surface area (Å²) < 4.78 is 0. The molecule has 2 aliphatic rings. The van der Waals surface area contributed by atoms with Gasteiger partial charge in [0.25, 0.3) is 0 Å². The third-order valence-electron chi connectivity index (χ3n) is 5.64. The molecule has 6 heteroatoms. The summed E-state index contributed by atoms with van der Waals surface area (Å²) in [5.41, 5.74) is 8.86. The Labute approximate surface area is 157 Å². The maximum atomic E-state index is 4.98. The Morgan fingerprint density at radius 2 is 1.92 bits per heavy atom. The number of piperidine rings is 1. The third kappa shape index (κ3) is 2.98. The van der Waals surface area contributed by atoms with Gasteiger partial charge in [0.2, 0.25) is 0 Å². The average Bonchev–Trinajstić information content (AvgIpc) is 3.41. The van der Waals surface area contributed by atoms with Crippen LogP contribution in [-0.2, 0) is 0 Å². The molecule has 26 heavy (non-hydrogen) atoms. The van der Waals surface area contributed by atoms with Crippen molar-refractivity contribution in [1.82, 2.24) is 20.8 Å². The molecule has 0 saturated carbocycles. The van der Waals surface area contributed by atoms with Gasteiger partial charge in [0, 0.05) is 42.0 Å². The number of hydrogen-bond donors (Lipinski definition) is 2. The molecule has 0 spiro atoms. The number of benzene rings is 1. The van der Waals surface area contributed by atoms with Crippen molar-refractivity contribution in [3.8, 4) is 11.4 Å². The van der Waals surface area contributed by atoms with E-state index in [1.807, 2.05) is 0 Å². The first-order valence-corrected chi connectivity index (χ1v) is 10.4. The van der Waals surface area contributed by atoms with E-state index in [9.17, 15) is 0 Å². The summed E-state index contributed by atoms with van der Waals surface area (Å²) in [7, 11) is 0. The second-order valence-electron chi connectivity index (χ2n) is 7.19. The Morgan fingerprint density at radius 3 is 2.69 bits per heavy atom. The number of anilines is 1. The number of hydrazine groups is 1. The molecule has 0 aliphatic carbocycles. The number of fused-ring (bicyclic) bond motifs is 1. The van der Waals surface area contributed by atoms with Crippen molar-refractivity contribution < 1.29 is 0 Å². The van der Waals surface area contributed by atoms with Gasteiger partial charge in [-0.3, -0.25) is 10.9 Å². The molecular formula is C20H23N5S. The van der Waals surface area contributed by atoms with Crippen LogP contribution in [0, 0.1) is 5.92 Å². The summed E-state index contributed by atoms with van der Waals surface area (Å²) in [4.78, 5) is 12.2. The van der Waals surface area contributed by atoms with Crippen molar-refractivity contribution in [3.63, 3.8) is 0 Å². The molecule has 0 radical (unpaired) electrons. The summed E-state index contributed by atoms with van der Waals surface area (Å²) in [6, 6.07) is 11.1. The SMILES string of the molecule is c1ccc2c(N3CCC(C4CCNN4)CC3)nc(-c3ccsc3)nc2c1. The van der Waals surface area contributed by atoms with Crippen molar-refractivity contribution in [1.29, 1.82) is 0 Å². The van der Waals surface area contributed by atoms with E-state index in [4.69, 9.17) is 9.97 Å². The topological polar surface area (TPSA) is 53.1 Å². The van der Waals surface area contributed by atoms with Crippen LogP contribution in [0.1, 0.15) is 19.3 Å². The molecule has 4 heterocycles. The van der Waals surface area contributed by atoms with Gasteiger partial charge in [-0.15, -0.1) is 0 Å². The third-order valence-corrected chi connectivity index (χ3v) is 6.32. The number of nitrogens with zero attached hydrogens (tertiary/aromatic N) is 3. The molecule has 0 bridgehead atoms. The molecular weight excluding hydrogens is 342 g/mol. The molecule has 0 amide bonds. The molecule has 2 aliphatic heterocycles. The molecule has 2 N–H and O–H groups in total. The highest BCUT2D eigenvalue weighted by Crippen LogP contribution is 2.32. The maximum Gasteiger partial charge on any atom is 0.162 e. The minimum absolute atomic E-state index is 0.626. The number of para-hydroxylation sites is 1. The first-order valence-electron chi connectivity index (χ1n) is 9.41. The number of aromatic nitrogens is 2. The molecule has 2 fully saturated rings. The molecule has 5 nitrogen and oxygen atoms in total. The lowest BCUT2D eigenvalue weighted by Crippen LogP contribution is -2.43. The number of hydrogen-bond acceptors (Lipinski definition) is 6. The van der Waals surface area contributed by atoms with Crippen LogP contribution in [0.3, 0.4) is 0 Å². The fourth-order valence-electron chi connectivity index (χ4n) is 4.19. The molecule has 1 aromatic carbocycles. The Hall–Kier alpha value is -2.02. The minimum Gasteiger partial charge on any atom is -0.356 e. The van der Waals surface area contributed by atoms with Gasteiger partial charge in [-0.05, 0) is 48.8 Å². The first kappa shape index (κ1) is 16.2. The fraction of sp³-hybridized carbons (Fsp3) is 0.400. The number of nitrogens with one attached hydrogen (secondary N) is 2. The fourth-order valence-corrected chi connectivity index (χ4v) is 4.83. The molecule has 134 valence electrons. The van der Waals surface area contributed by atoms with E-state index in [2.05, 4.69) is 56.8 Å². The highest BCUT2D eigenvalue weighted by Gasteiger charge is 2.29. The molecule has 3 aromatic rings. The second-order valence-corrected chi connectivity index (χ2v) is 7.97. The van der Waals surface area contributed by atoms with Gasteiger partial charge in [-0.2, -0.15) is 11.3 Å². The van der Waals surface area contributed by atoms with Gasteiger partial charge in [-0.25, -0.2) is 9.97 Å². The van der Waals surface area contributed by atoms with Crippen LogP contribution in [0.4, 0.5) is 5.82 Å². The zero-order valence-electron chi connectivity index (χ0n) is 14.7. The van der Waals surface area contributed by atoms with Crippen LogP contribution in [-0.4, -0.2) is 35.6 Å². The highest BCUT2D eigenvalue weighted by atomic mass is 32.1. The monoisotopic (exact) mass is 365 g/mol. The summed E-state index contributed by atoms with van der Waals surface area (Å²) in [5, 5.41) is 5.37. The maximum absolute atomic E-state index is 4.98. The second kappa shape index (κ2) is 6.95. The molecule has 2 aromatic heterocycles. The predicted octanol–water partition coefficient (Wildman–Crippen LogP) is 3.44. The van der Waals surface area contributed by atoms with Crippen LogP contribution in [0.15, 0.2) is 41.1 Å². The van der Waals surface area contributed by atoms with E-state index in [0.717, 1.165) is 53.7 Å². The highest BCUT2D eigenvalue weighted by molar-refractivity contribution is 7.08. The molecule has 1 unspecified atom stereocenters. The van der Waals surface area contributed by atoms with Crippen LogP contribution in [0.2, 0.25) is 0 Å². The Kier molecular flexibility index (Phi) is 4.32. The lowest BCUT2D eigenvalue weighted by Gasteiger charge is -2.35. The average molecular weight is 366 g/mol. The molecule has 2 saturated heterocycles. The zero-order chi connectivity index (χ0) is 17.3. The van der Waals surface area contributed by atoms with E-state index < -0.39 is 0 Å². The van der Waals surface area contributed by atoms with Gasteiger partial charge in [0.1, 0.15) is 5.82 Å². The van der Waals surface area contributed by atoms with E-state index in [0.29, 0.717) is 6.04 Å². The lowest BCUT2D eigenvalue weighted by molar-refractivity contribution is 0.310. The van der Waals surface area contributed by atoms with Crippen LogP contribution >= 0.6 is 11.3 Å². The summed E-state index contributed by atoms with van der Waals surface area (Å²) in [6.45, 7) is 3.21. The number of rotatable bonds is 3. The normalized spacial score (nSPS) is 21.5. The number of thiophene rings is 1. The Balaban J connectivity index is 1.46. The van der Waals surface area contributed by atoms with Crippen LogP contribution in [0.5, 0.6) is 0 Å². The van der Waals surface area contributed by atoms with Crippen LogP contribution in [0.25, 0.3) is 22.3 Å². The summed E-state index contributed by atoms with van der Waals surface area (Å²) in [6.07, 6.45) is 3.67. The van der Waals surface area contributed by atoms with Gasteiger partial charge < -0.3 is 4.90 Å². The standard InChI is InChI=1S/C20H23N5S/c1-2-4-18-16(3-1)20(23-19(22-18)15-8-12-26-13-15)25-10-6-14(7-11-25)17-5-9-21-24-17/h1-4,8,12-14,17,21,24H,5-7,9-11H2. The first-order chi connectivity index (χ1) is 12.9. The van der Waals surface area contributed by atoms with E-state index >= 15 is 0 Å². The largest absolute Gasteiger partial charge is 0.356 e. The Morgan fingerprint density at radius 1 is 1.04 bits per heavy atom. The molecule has 5 rings (SSSR count). The molecule has 1 atom stereocenters.